The first kappa shape index (κ1) is 12.8. The van der Waals surface area contributed by atoms with Crippen molar-refractivity contribution >= 4 is 16.5 Å². The molecule has 14 heavy (non-hydrogen) atoms. The molecule has 0 spiro atoms. The van der Waals surface area contributed by atoms with E-state index in [0.717, 1.165) is 5.56 Å². The molecular weight excluding hydrogens is 206 g/mol. The Kier molecular flexibility index (Phi) is 5.70. The van der Waals surface area contributed by atoms with Crippen molar-refractivity contribution < 1.29 is 17.5 Å². The second-order valence-electron chi connectivity index (χ2n) is 2.23. The van der Waals surface area contributed by atoms with Gasteiger partial charge in [0.25, 0.3) is 0 Å². The van der Waals surface area contributed by atoms with Gasteiger partial charge in [-0.05, 0) is 18.6 Å². The first-order valence-corrected chi connectivity index (χ1v) is 5.06. The Balaban J connectivity index is 0.000000292. The minimum Gasteiger partial charge on any atom is -0.264 e. The third kappa shape index (κ3) is 10.8. The predicted molar refractivity (Wildman–Crippen MR) is 53.1 cm³/mol. The van der Waals surface area contributed by atoms with Crippen LogP contribution in [0.5, 0.6) is 0 Å². The Morgan fingerprint density at radius 1 is 1.43 bits per heavy atom. The van der Waals surface area contributed by atoms with Gasteiger partial charge in [0.05, 0.1) is 0 Å². The minimum atomic E-state index is -4.67. The highest BCUT2D eigenvalue weighted by atomic mass is 32.3. The maximum Gasteiger partial charge on any atom is 0.394 e. The van der Waals surface area contributed by atoms with E-state index < -0.39 is 10.4 Å². The molecule has 0 aliphatic heterocycles. The Hall–Kier alpha value is -1.24. The van der Waals surface area contributed by atoms with Crippen LogP contribution in [0.25, 0.3) is 6.08 Å². The van der Waals surface area contributed by atoms with Crippen molar-refractivity contribution in [2.45, 2.75) is 6.92 Å². The number of rotatable bonds is 1. The van der Waals surface area contributed by atoms with Gasteiger partial charge in [0.1, 0.15) is 0 Å². The Bertz CT molecular complexity index is 364. The van der Waals surface area contributed by atoms with Crippen molar-refractivity contribution in [1.82, 2.24) is 4.98 Å². The molecule has 0 bridgehead atoms. The lowest BCUT2D eigenvalue weighted by molar-refractivity contribution is 0.381. The van der Waals surface area contributed by atoms with Crippen LogP contribution in [0.4, 0.5) is 0 Å². The third-order valence-corrected chi connectivity index (χ3v) is 1.04. The van der Waals surface area contributed by atoms with Gasteiger partial charge in [0.15, 0.2) is 0 Å². The molecule has 1 aromatic heterocycles. The fourth-order valence-corrected chi connectivity index (χ4v) is 0.667. The van der Waals surface area contributed by atoms with Gasteiger partial charge < -0.3 is 0 Å². The largest absolute Gasteiger partial charge is 0.394 e. The van der Waals surface area contributed by atoms with Crippen LogP contribution in [0.15, 0.2) is 30.6 Å². The summed E-state index contributed by atoms with van der Waals surface area (Å²) in [5.41, 5.74) is 1.15. The van der Waals surface area contributed by atoms with Crippen molar-refractivity contribution in [3.63, 3.8) is 0 Å². The van der Waals surface area contributed by atoms with Gasteiger partial charge >= 0.3 is 10.4 Å². The van der Waals surface area contributed by atoms with Crippen LogP contribution in [0, 0.1) is 0 Å². The normalized spacial score (nSPS) is 10.8. The number of nitrogens with zero attached hydrogens (tertiary/aromatic N) is 1. The predicted octanol–water partition coefficient (Wildman–Crippen LogP) is 1.46. The van der Waals surface area contributed by atoms with Gasteiger partial charge in [0.2, 0.25) is 0 Å². The number of aromatic nitrogens is 1. The van der Waals surface area contributed by atoms with Gasteiger partial charge in [-0.3, -0.25) is 14.1 Å². The SMILES string of the molecule is CC=Cc1cccnc1.O=S(=O)(O)O. The van der Waals surface area contributed by atoms with Gasteiger partial charge in [-0.1, -0.05) is 18.2 Å². The molecule has 0 amide bonds. The zero-order chi connectivity index (χ0) is 11.0. The standard InChI is InChI=1S/C8H9N.H2O4S/c1-2-4-8-5-3-6-9-7-8;1-5(2,3)4/h2-7H,1H3;(H2,1,2,3,4). The highest BCUT2D eigenvalue weighted by Crippen LogP contribution is 1.96. The summed E-state index contributed by atoms with van der Waals surface area (Å²) in [6.07, 6.45) is 7.62. The van der Waals surface area contributed by atoms with E-state index in [1.165, 1.54) is 0 Å². The van der Waals surface area contributed by atoms with E-state index in [4.69, 9.17) is 17.5 Å². The van der Waals surface area contributed by atoms with Crippen LogP contribution < -0.4 is 0 Å². The summed E-state index contributed by atoms with van der Waals surface area (Å²) >= 11 is 0. The molecule has 0 aliphatic carbocycles. The van der Waals surface area contributed by atoms with E-state index in [2.05, 4.69) is 4.98 Å². The molecule has 0 aromatic carbocycles. The topological polar surface area (TPSA) is 87.5 Å². The highest BCUT2D eigenvalue weighted by Gasteiger charge is 1.84. The number of pyridine rings is 1. The third-order valence-electron chi connectivity index (χ3n) is 1.04. The zero-order valence-electron chi connectivity index (χ0n) is 7.53. The van der Waals surface area contributed by atoms with Gasteiger partial charge in [0, 0.05) is 12.4 Å². The molecule has 0 fully saturated rings. The second kappa shape index (κ2) is 6.25. The van der Waals surface area contributed by atoms with Crippen LogP contribution >= 0.6 is 0 Å². The van der Waals surface area contributed by atoms with Crippen molar-refractivity contribution in [1.29, 1.82) is 0 Å². The number of hydrogen-bond acceptors (Lipinski definition) is 3. The van der Waals surface area contributed by atoms with Crippen molar-refractivity contribution in [3.8, 4) is 0 Å². The molecule has 0 atom stereocenters. The van der Waals surface area contributed by atoms with E-state index in [1.54, 1.807) is 6.20 Å². The van der Waals surface area contributed by atoms with E-state index in [0.29, 0.717) is 0 Å². The molecule has 0 aliphatic rings. The molecule has 1 aromatic rings. The smallest absolute Gasteiger partial charge is 0.264 e. The molecule has 1 heterocycles. The monoisotopic (exact) mass is 217 g/mol. The van der Waals surface area contributed by atoms with Crippen LogP contribution in [0.1, 0.15) is 12.5 Å². The van der Waals surface area contributed by atoms with E-state index in [-0.39, 0.29) is 0 Å². The van der Waals surface area contributed by atoms with Crippen molar-refractivity contribution in [2.75, 3.05) is 0 Å². The number of allylic oxidation sites excluding steroid dienone is 1. The Morgan fingerprint density at radius 2 is 2.00 bits per heavy atom. The second-order valence-corrected chi connectivity index (χ2v) is 3.13. The maximum atomic E-state index is 8.74. The van der Waals surface area contributed by atoms with Gasteiger partial charge in [-0.25, -0.2) is 0 Å². The summed E-state index contributed by atoms with van der Waals surface area (Å²) in [6, 6.07) is 3.95. The van der Waals surface area contributed by atoms with E-state index in [1.807, 2.05) is 37.4 Å². The van der Waals surface area contributed by atoms with Gasteiger partial charge in [-0.15, -0.1) is 0 Å². The molecule has 1 rings (SSSR count). The molecular formula is C8H11NO4S. The first-order valence-electron chi connectivity index (χ1n) is 3.66. The molecule has 0 radical (unpaired) electrons. The molecule has 78 valence electrons. The molecule has 5 nitrogen and oxygen atoms in total. The average Bonchev–Trinajstić information content (AvgIpc) is 2.03. The van der Waals surface area contributed by atoms with Crippen molar-refractivity contribution in [3.05, 3.63) is 36.2 Å². The lowest BCUT2D eigenvalue weighted by atomic mass is 10.3. The fraction of sp³-hybridized carbons (Fsp3) is 0.125. The van der Waals surface area contributed by atoms with Crippen LogP contribution in [0.3, 0.4) is 0 Å². The summed E-state index contributed by atoms with van der Waals surface area (Å²) in [5.74, 6) is 0. The van der Waals surface area contributed by atoms with Crippen LogP contribution in [0.2, 0.25) is 0 Å². The summed E-state index contributed by atoms with van der Waals surface area (Å²) < 4.78 is 31.6. The van der Waals surface area contributed by atoms with Crippen LogP contribution in [-0.4, -0.2) is 22.5 Å². The Labute approximate surface area is 82.7 Å². The zero-order valence-corrected chi connectivity index (χ0v) is 8.35. The lowest BCUT2D eigenvalue weighted by Gasteiger charge is -1.86. The summed E-state index contributed by atoms with van der Waals surface area (Å²) in [6.45, 7) is 1.99. The highest BCUT2D eigenvalue weighted by molar-refractivity contribution is 7.79. The van der Waals surface area contributed by atoms with Gasteiger partial charge in [-0.2, -0.15) is 8.42 Å². The van der Waals surface area contributed by atoms with E-state index in [9.17, 15) is 0 Å². The average molecular weight is 217 g/mol. The number of hydrogen-bond donors (Lipinski definition) is 2. The molecule has 0 saturated heterocycles. The molecule has 6 heteroatoms. The van der Waals surface area contributed by atoms with E-state index >= 15 is 0 Å². The van der Waals surface area contributed by atoms with Crippen molar-refractivity contribution in [2.24, 2.45) is 0 Å². The minimum absolute atomic E-state index is 1.15. The molecule has 2 N–H and O–H groups in total. The summed E-state index contributed by atoms with van der Waals surface area (Å²) in [4.78, 5) is 3.95. The van der Waals surface area contributed by atoms with Crippen LogP contribution in [-0.2, 0) is 10.4 Å². The lowest BCUT2D eigenvalue weighted by Crippen LogP contribution is -1.89. The molecule has 0 saturated carbocycles. The quantitative estimate of drug-likeness (QED) is 0.695. The fourth-order valence-electron chi connectivity index (χ4n) is 0.667. The maximum absolute atomic E-state index is 8.74. The molecule has 0 unspecified atom stereocenters. The summed E-state index contributed by atoms with van der Waals surface area (Å²) in [7, 11) is -4.67. The Morgan fingerprint density at radius 3 is 2.36 bits per heavy atom. The first-order chi connectivity index (χ1) is 6.43. The summed E-state index contributed by atoms with van der Waals surface area (Å²) in [5, 5.41) is 0.